The highest BCUT2D eigenvalue weighted by atomic mass is 16.7. The molecular formula is C35H41NO7. The summed E-state index contributed by atoms with van der Waals surface area (Å²) in [5, 5.41) is 31.6. The molecule has 43 heavy (non-hydrogen) atoms. The number of hydrogen-bond acceptors (Lipinski definition) is 7. The third kappa shape index (κ3) is 4.07. The number of carbonyl (C=O) groups is 2. The molecule has 0 unspecified atom stereocenters. The van der Waals surface area contributed by atoms with Gasteiger partial charge in [-0.1, -0.05) is 49.8 Å². The van der Waals surface area contributed by atoms with Gasteiger partial charge in [-0.25, -0.2) is 0 Å². The molecule has 2 aromatic rings. The molecule has 1 aromatic carbocycles. The van der Waals surface area contributed by atoms with Gasteiger partial charge in [0.2, 0.25) is 0 Å². The van der Waals surface area contributed by atoms with Crippen molar-refractivity contribution in [3.8, 4) is 0 Å². The number of hydrogen-bond donors (Lipinski definition) is 3. The number of ether oxygens (including phenoxy) is 2. The lowest BCUT2D eigenvalue weighted by Gasteiger charge is -2.59. The number of aliphatic hydroxyl groups is 3. The van der Waals surface area contributed by atoms with Crippen molar-refractivity contribution in [2.75, 3.05) is 6.61 Å². The molecular weight excluding hydrogens is 546 g/mol. The molecule has 4 aliphatic carbocycles. The quantitative estimate of drug-likeness (QED) is 0.472. The van der Waals surface area contributed by atoms with Gasteiger partial charge in [0.15, 0.2) is 23.5 Å². The second-order valence-electron chi connectivity index (χ2n) is 13.9. The van der Waals surface area contributed by atoms with Gasteiger partial charge < -0.3 is 29.4 Å². The van der Waals surface area contributed by atoms with E-state index >= 15 is 0 Å². The number of ketones is 2. The normalized spacial score (nSPS) is 39.6. The van der Waals surface area contributed by atoms with Crippen LogP contribution in [0.3, 0.4) is 0 Å². The number of allylic oxidation sites excluding steroid dienone is 4. The Morgan fingerprint density at radius 1 is 1.12 bits per heavy atom. The average molecular weight is 588 g/mol. The molecule has 5 aliphatic rings. The predicted molar refractivity (Wildman–Crippen MR) is 157 cm³/mol. The summed E-state index contributed by atoms with van der Waals surface area (Å²) in [4.78, 5) is 26.1. The minimum Gasteiger partial charge on any atom is -0.393 e. The lowest BCUT2D eigenvalue weighted by molar-refractivity contribution is -0.201. The van der Waals surface area contributed by atoms with Gasteiger partial charge in [0.05, 0.1) is 18.8 Å². The zero-order valence-corrected chi connectivity index (χ0v) is 25.0. The minimum atomic E-state index is -1.38. The number of Topliss-reactive ketones (excluding diaryl/α,β-unsaturated/α-hetero) is 1. The smallest absolute Gasteiger partial charge is 0.193 e. The van der Waals surface area contributed by atoms with Crippen LogP contribution in [0.4, 0.5) is 0 Å². The molecule has 1 aromatic heterocycles. The molecule has 3 saturated carbocycles. The molecule has 4 fully saturated rings. The number of fused-ring (bicyclic) bond motifs is 7. The second-order valence-corrected chi connectivity index (χ2v) is 13.9. The molecule has 0 spiro atoms. The predicted octanol–water partition coefficient (Wildman–Crippen LogP) is 3.71. The van der Waals surface area contributed by atoms with E-state index in [1.807, 2.05) is 54.3 Å². The molecule has 0 radical (unpaired) electrons. The number of nitrogens with zero attached hydrogens (tertiary/aromatic N) is 1. The number of benzene rings is 1. The van der Waals surface area contributed by atoms with E-state index in [0.717, 1.165) is 40.7 Å². The van der Waals surface area contributed by atoms with Gasteiger partial charge in [-0.2, -0.15) is 0 Å². The molecule has 2 heterocycles. The topological polar surface area (TPSA) is 118 Å². The van der Waals surface area contributed by atoms with Gasteiger partial charge in [0.1, 0.15) is 6.61 Å². The van der Waals surface area contributed by atoms with Crippen molar-refractivity contribution in [3.05, 3.63) is 82.7 Å². The zero-order chi connectivity index (χ0) is 30.3. The highest BCUT2D eigenvalue weighted by Gasteiger charge is 2.76. The third-order valence-electron chi connectivity index (χ3n) is 11.7. The van der Waals surface area contributed by atoms with Crippen LogP contribution in [0.1, 0.15) is 68.1 Å². The Balaban J connectivity index is 1.22. The summed E-state index contributed by atoms with van der Waals surface area (Å²) < 4.78 is 15.5. The van der Waals surface area contributed by atoms with Crippen molar-refractivity contribution < 1.29 is 34.4 Å². The van der Waals surface area contributed by atoms with E-state index in [-0.39, 0.29) is 30.1 Å². The van der Waals surface area contributed by atoms with Crippen molar-refractivity contribution in [1.29, 1.82) is 0 Å². The lowest BCUT2D eigenvalue weighted by atomic mass is 9.46. The Morgan fingerprint density at radius 2 is 1.86 bits per heavy atom. The first kappa shape index (κ1) is 28.9. The molecule has 3 N–H and O–H groups in total. The molecule has 1 aliphatic heterocycles. The third-order valence-corrected chi connectivity index (χ3v) is 11.7. The van der Waals surface area contributed by atoms with Crippen LogP contribution in [-0.2, 0) is 39.1 Å². The molecule has 8 nitrogen and oxygen atoms in total. The van der Waals surface area contributed by atoms with Gasteiger partial charge in [0.25, 0.3) is 0 Å². The fraction of sp³-hybridized carbons (Fsp3) is 0.543. The first-order chi connectivity index (χ1) is 20.5. The maximum Gasteiger partial charge on any atom is 0.193 e. The molecule has 8 heteroatoms. The summed E-state index contributed by atoms with van der Waals surface area (Å²) in [6.45, 7) is 3.52. The summed E-state index contributed by atoms with van der Waals surface area (Å²) in [7, 11) is 1.95. The first-order valence-electron chi connectivity index (χ1n) is 15.5. The molecule has 0 bridgehead atoms. The number of aliphatic hydroxyl groups excluding tert-OH is 3. The van der Waals surface area contributed by atoms with Crippen LogP contribution in [0.2, 0.25) is 0 Å². The van der Waals surface area contributed by atoms with Crippen molar-refractivity contribution in [2.24, 2.45) is 35.6 Å². The maximum absolute atomic E-state index is 13.9. The van der Waals surface area contributed by atoms with Crippen LogP contribution in [-0.4, -0.2) is 55.9 Å². The van der Waals surface area contributed by atoms with Crippen molar-refractivity contribution in [1.82, 2.24) is 4.57 Å². The number of aryl methyl sites for hydroxylation is 1. The van der Waals surface area contributed by atoms with Crippen LogP contribution >= 0.6 is 0 Å². The van der Waals surface area contributed by atoms with Crippen LogP contribution in [0.5, 0.6) is 0 Å². The van der Waals surface area contributed by atoms with E-state index in [0.29, 0.717) is 19.3 Å². The Kier molecular flexibility index (Phi) is 6.76. The second kappa shape index (κ2) is 10.1. The van der Waals surface area contributed by atoms with Crippen molar-refractivity contribution in [3.63, 3.8) is 0 Å². The van der Waals surface area contributed by atoms with E-state index in [4.69, 9.17) is 9.47 Å². The Labute approximate surface area is 252 Å². The maximum atomic E-state index is 13.9. The van der Waals surface area contributed by atoms with Gasteiger partial charge in [-0.3, -0.25) is 9.59 Å². The Bertz CT molecular complexity index is 1520. The fourth-order valence-electron chi connectivity index (χ4n) is 9.83. The van der Waals surface area contributed by atoms with Gasteiger partial charge in [-0.15, -0.1) is 0 Å². The van der Waals surface area contributed by atoms with E-state index in [1.165, 1.54) is 0 Å². The van der Waals surface area contributed by atoms with Crippen LogP contribution < -0.4 is 0 Å². The van der Waals surface area contributed by atoms with E-state index in [2.05, 4.69) is 13.8 Å². The highest BCUT2D eigenvalue weighted by Crippen LogP contribution is 2.70. The monoisotopic (exact) mass is 587 g/mol. The zero-order valence-electron chi connectivity index (χ0n) is 25.0. The molecule has 0 amide bonds. The standard InChI is InChI=1S/C35H41NO7/c1-33-11-10-24(39)13-23(33)8-9-25-27-14-30-35(29(41)19-38,34(27,2)15-28(40)31(25)33)43-32(42-30)26-17-36(3)16-22(26)12-20-4-6-21(18-37)7-5-20/h4-7,10-11,13,16-17,25,27-28,30-32,37-38,40H,8-9,12,14-15,18-19H2,1-3H3/t25-,27-,28-,30+,31+,32+,33-,34-,35+/m0/s1. The minimum absolute atomic E-state index is 0.000691. The summed E-state index contributed by atoms with van der Waals surface area (Å²) in [6.07, 6.45) is 10.5. The summed E-state index contributed by atoms with van der Waals surface area (Å²) in [6, 6.07) is 7.82. The first-order valence-corrected chi connectivity index (χ1v) is 15.5. The fourth-order valence-corrected chi connectivity index (χ4v) is 9.83. The highest BCUT2D eigenvalue weighted by molar-refractivity contribution is 6.01. The van der Waals surface area contributed by atoms with Gasteiger partial charge in [0, 0.05) is 41.8 Å². The SMILES string of the molecule is Cn1cc(Cc2ccc(CO)cc2)c([C@@H]2O[C@@H]3C[C@H]4[C@@H]5CCC6=CC(=O)C=C[C@]6(C)[C@H]5[C@@H](O)C[C@]4(C)[C@]3(C(=O)CO)O2)c1. The number of carbonyl (C=O) groups excluding carboxylic acids is 2. The summed E-state index contributed by atoms with van der Waals surface area (Å²) >= 11 is 0. The summed E-state index contributed by atoms with van der Waals surface area (Å²) in [5.41, 5.74) is 2.33. The van der Waals surface area contributed by atoms with Crippen LogP contribution in [0, 0.1) is 28.6 Å². The van der Waals surface area contributed by atoms with E-state index in [9.17, 15) is 24.9 Å². The molecule has 1 saturated heterocycles. The number of rotatable bonds is 6. The van der Waals surface area contributed by atoms with Gasteiger partial charge >= 0.3 is 0 Å². The van der Waals surface area contributed by atoms with E-state index in [1.54, 1.807) is 12.2 Å². The van der Waals surface area contributed by atoms with Gasteiger partial charge in [-0.05, 0) is 72.8 Å². The largest absolute Gasteiger partial charge is 0.393 e. The van der Waals surface area contributed by atoms with E-state index < -0.39 is 47.3 Å². The molecule has 9 atom stereocenters. The average Bonchev–Trinajstić information content (AvgIpc) is 3.62. The van der Waals surface area contributed by atoms with Crippen LogP contribution in [0.15, 0.2) is 60.5 Å². The number of aromatic nitrogens is 1. The molecule has 7 rings (SSSR count). The van der Waals surface area contributed by atoms with Crippen molar-refractivity contribution >= 4 is 11.6 Å². The van der Waals surface area contributed by atoms with Crippen LogP contribution in [0.25, 0.3) is 0 Å². The Hall–Kier alpha value is -2.88. The summed E-state index contributed by atoms with van der Waals surface area (Å²) in [5.74, 6) is -0.309. The Morgan fingerprint density at radius 3 is 2.58 bits per heavy atom. The lowest BCUT2D eigenvalue weighted by Crippen LogP contribution is -2.63. The van der Waals surface area contributed by atoms with Crippen molar-refractivity contribution in [2.45, 2.75) is 76.7 Å². The molecule has 228 valence electrons.